The van der Waals surface area contributed by atoms with Crippen LogP contribution in [0.1, 0.15) is 25.5 Å². The molecule has 0 aliphatic rings. The number of carboxylic acids is 4. The van der Waals surface area contributed by atoms with E-state index in [-0.39, 0.29) is 12.3 Å². The number of aromatic amines is 2. The number of nitrogens with zero attached hydrogens (tertiary/aromatic N) is 4. The Kier molecular flexibility index (Phi) is 74.9. The van der Waals surface area contributed by atoms with E-state index in [2.05, 4.69) is 66.5 Å². The summed E-state index contributed by atoms with van der Waals surface area (Å²) in [5, 5.41) is 47.6. The van der Waals surface area contributed by atoms with Gasteiger partial charge in [-0.25, -0.2) is 29.1 Å². The van der Waals surface area contributed by atoms with E-state index >= 15 is 0 Å². The molecule has 0 radical (unpaired) electrons. The zero-order chi connectivity index (χ0) is 38.5. The molecule has 6 N–H and O–H groups in total. The van der Waals surface area contributed by atoms with Crippen molar-refractivity contribution >= 4 is 55.0 Å². The Morgan fingerprint density at radius 3 is 1.00 bits per heavy atom. The van der Waals surface area contributed by atoms with E-state index in [9.17, 15) is 0 Å². The van der Waals surface area contributed by atoms with Gasteiger partial charge in [0.1, 0.15) is 11.6 Å². The third-order valence-corrected chi connectivity index (χ3v) is 2.56. The summed E-state index contributed by atoms with van der Waals surface area (Å²) in [6.07, 6.45) is 9.56. The second kappa shape index (κ2) is 56.6. The van der Waals surface area contributed by atoms with Crippen molar-refractivity contribution in [3.8, 4) is 0 Å². The molecule has 0 saturated heterocycles. The molecule has 0 fully saturated rings. The maximum atomic E-state index is 9.10. The summed E-state index contributed by atoms with van der Waals surface area (Å²) >= 11 is 3.22. The molecule has 0 spiro atoms. The van der Waals surface area contributed by atoms with Gasteiger partial charge >= 0.3 is 92.6 Å². The standard InChI is InChI=1S/2C7H11N2.2C2H2O4.2CO2.2ClH.2HNO2.2Pt/c2*1-6(2)5-7-8-3-4-9-7;2*3-1(4)2(5)6;2*2-1-3;;;2*2-1-3;;/h2*3-4,6H,1,5H2,2H3,(H,8,9);2*(H,3,4)(H,5,6);;;2*1H;2*(H,2,3);;/q2*-1;;;;;;;;;2*+2/p-4. The number of hydrogen-bond donors (Lipinski definition) is 6. The van der Waals surface area contributed by atoms with Crippen molar-refractivity contribution in [2.45, 2.75) is 26.7 Å². The van der Waals surface area contributed by atoms with Crippen LogP contribution in [0.25, 0.3) is 0 Å². The number of nitrogens with one attached hydrogen (secondary N) is 2. The number of carbonyl (C=O) groups is 4. The number of aliphatic carboxylic acids is 4. The van der Waals surface area contributed by atoms with Crippen molar-refractivity contribution in [3.63, 3.8) is 0 Å². The van der Waals surface area contributed by atoms with Gasteiger partial charge in [-0.15, -0.1) is 10.7 Å². The molecule has 0 aliphatic heterocycles. The summed E-state index contributed by atoms with van der Waals surface area (Å²) in [4.78, 5) is 99.1. The van der Waals surface area contributed by atoms with Gasteiger partial charge < -0.3 is 64.5 Å². The van der Waals surface area contributed by atoms with Crippen LogP contribution in [-0.4, -0.2) is 76.5 Å². The zero-order valence-corrected chi connectivity index (χ0v) is 29.2. The Bertz CT molecular complexity index is 929. The normalized spacial score (nSPS) is 8.39. The summed E-state index contributed by atoms with van der Waals surface area (Å²) < 4.78 is 0. The molecule has 2 atom stereocenters. The van der Waals surface area contributed by atoms with Crippen LogP contribution in [0.15, 0.2) is 35.5 Å². The zero-order valence-electron chi connectivity index (χ0n) is 23.2. The molecule has 2 aromatic rings. The van der Waals surface area contributed by atoms with E-state index in [1.807, 2.05) is 12.4 Å². The Morgan fingerprint density at radius 2 is 0.913 bits per heavy atom. The average molecular weight is 1070 g/mol. The van der Waals surface area contributed by atoms with Gasteiger partial charge in [0.15, 0.2) is 0 Å². The molecule has 0 saturated carbocycles. The van der Waals surface area contributed by atoms with Gasteiger partial charge in [-0.2, -0.15) is 31.0 Å². The predicted molar refractivity (Wildman–Crippen MR) is 144 cm³/mol. The summed E-state index contributed by atoms with van der Waals surface area (Å²) in [7, 11) is 9.22. The molecule has 2 heterocycles. The SMILES string of the molecule is O=C(O)C(=O)O.O=C(O)C(=O)O.O=C=O.O=C=O.O=N[O-].O=N[O-].[CH2-]C(C)Cc1ncc[nH]1.[CH2-]C(C)Cc1ncc[nH]1.[Cl][Pt+].[Cl][Pt+]. The third kappa shape index (κ3) is 90.0. The van der Waals surface area contributed by atoms with Crippen molar-refractivity contribution in [1.29, 1.82) is 0 Å². The average Bonchev–Trinajstić information content (AvgIpc) is 3.68. The summed E-state index contributed by atoms with van der Waals surface area (Å²) in [5.74, 6) is -4.36. The number of imidazole rings is 2. The third-order valence-electron chi connectivity index (χ3n) is 2.56. The number of rotatable bonds is 4. The van der Waals surface area contributed by atoms with Gasteiger partial charge in [-0.05, 0) is 12.8 Å². The second-order valence-electron chi connectivity index (χ2n) is 6.23. The van der Waals surface area contributed by atoms with Crippen molar-refractivity contribution < 1.29 is 96.3 Å². The molecule has 46 heavy (non-hydrogen) atoms. The topological polar surface area (TPSA) is 380 Å². The van der Waals surface area contributed by atoms with E-state index in [0.717, 1.165) is 35.2 Å². The molecule has 0 bridgehead atoms. The molecule has 26 heteroatoms. The van der Waals surface area contributed by atoms with Crippen LogP contribution in [0.4, 0.5) is 0 Å². The molecule has 0 aliphatic carbocycles. The first-order valence-electron chi connectivity index (χ1n) is 10.2. The fourth-order valence-electron chi connectivity index (χ4n) is 1.48. The molecule has 0 amide bonds. The predicted octanol–water partition coefficient (Wildman–Crippen LogP) is 1.86. The quantitative estimate of drug-likeness (QED) is 0.110. The first-order valence-corrected chi connectivity index (χ1v) is 15.8. The summed E-state index contributed by atoms with van der Waals surface area (Å²) in [6, 6.07) is 0. The van der Waals surface area contributed by atoms with Crippen LogP contribution in [0.5, 0.6) is 0 Å². The second-order valence-corrected chi connectivity index (χ2v) is 6.23. The van der Waals surface area contributed by atoms with Gasteiger partial charge in [0.05, 0.1) is 0 Å². The van der Waals surface area contributed by atoms with Crippen LogP contribution in [-0.2, 0) is 88.7 Å². The van der Waals surface area contributed by atoms with E-state index in [0.29, 0.717) is 11.8 Å². The van der Waals surface area contributed by atoms with Gasteiger partial charge in [-0.3, -0.25) is 0 Å². The van der Waals surface area contributed by atoms with E-state index < -0.39 is 23.9 Å². The van der Waals surface area contributed by atoms with Crippen LogP contribution in [0.3, 0.4) is 0 Å². The number of halogens is 2. The molecule has 0 aromatic carbocycles. The van der Waals surface area contributed by atoms with Crippen molar-refractivity contribution in [2.75, 3.05) is 0 Å². The molecular formula is C20H26Cl2N6O16Pt2-2. The van der Waals surface area contributed by atoms with Crippen molar-refractivity contribution in [2.24, 2.45) is 22.5 Å². The van der Waals surface area contributed by atoms with Gasteiger partial charge in [0.25, 0.3) is 0 Å². The van der Waals surface area contributed by atoms with E-state index in [1.165, 1.54) is 0 Å². The van der Waals surface area contributed by atoms with Gasteiger partial charge in [0.2, 0.25) is 0 Å². The Balaban J connectivity index is -0.0000000613. The molecule has 2 unspecified atom stereocenters. The monoisotopic (exact) mass is 1070 g/mol. The van der Waals surface area contributed by atoms with Crippen molar-refractivity contribution in [3.05, 3.63) is 70.5 Å². The van der Waals surface area contributed by atoms with E-state index in [4.69, 9.17) is 79.0 Å². The van der Waals surface area contributed by atoms with Gasteiger partial charge in [0, 0.05) is 24.8 Å². The van der Waals surface area contributed by atoms with Crippen LogP contribution in [0.2, 0.25) is 0 Å². The Hall–Kier alpha value is -4.18. The number of carbonyl (C=O) groups excluding carboxylic acids is 4. The molecule has 2 rings (SSSR count). The fourth-order valence-corrected chi connectivity index (χ4v) is 1.48. The van der Waals surface area contributed by atoms with Crippen LogP contribution in [0, 0.1) is 45.9 Å². The molecule has 22 nitrogen and oxygen atoms in total. The first-order chi connectivity index (χ1) is 21.5. The summed E-state index contributed by atoms with van der Waals surface area (Å²) in [6.45, 7) is 11.9. The molecular weight excluding hydrogens is 1040 g/mol. The maximum absolute atomic E-state index is 9.10. The van der Waals surface area contributed by atoms with E-state index in [1.54, 1.807) is 49.9 Å². The summed E-state index contributed by atoms with van der Waals surface area (Å²) in [5.41, 5.74) is 0. The minimum absolute atomic E-state index is 0.250. The van der Waals surface area contributed by atoms with Crippen LogP contribution < -0.4 is 0 Å². The Labute approximate surface area is 289 Å². The Morgan fingerprint density at radius 1 is 0.739 bits per heavy atom. The molecule has 2 aromatic heterocycles. The first kappa shape index (κ1) is 60.9. The minimum atomic E-state index is -1.82. The number of aromatic nitrogens is 4. The van der Waals surface area contributed by atoms with Crippen LogP contribution >= 0.6 is 18.8 Å². The molecule has 268 valence electrons. The fraction of sp³-hybridized carbons (Fsp3) is 0.300. The number of H-pyrrole nitrogens is 2. The van der Waals surface area contributed by atoms with Crippen molar-refractivity contribution in [1.82, 2.24) is 19.9 Å². The number of hydrogen-bond acceptors (Lipinski definition) is 16. The number of carboxylic acid groups (broad SMARTS) is 4. The van der Waals surface area contributed by atoms with Gasteiger partial charge in [-0.1, -0.05) is 13.8 Å².